The van der Waals surface area contributed by atoms with Crippen molar-refractivity contribution in [2.24, 2.45) is 0 Å². The smallest absolute Gasteiger partial charge is 0.0626 e. The summed E-state index contributed by atoms with van der Waals surface area (Å²) < 4.78 is 0. The van der Waals surface area contributed by atoms with Crippen LogP contribution in [0.5, 0.6) is 0 Å². The predicted molar refractivity (Wildman–Crippen MR) is 101 cm³/mol. The predicted octanol–water partition coefficient (Wildman–Crippen LogP) is 3.86. The van der Waals surface area contributed by atoms with Gasteiger partial charge >= 0.3 is 0 Å². The average molecular weight is 332 g/mol. The molecule has 0 radical (unpaired) electrons. The zero-order valence-corrected chi connectivity index (χ0v) is 14.5. The third-order valence-corrected chi connectivity index (χ3v) is 4.51. The van der Waals surface area contributed by atoms with Gasteiger partial charge in [0, 0.05) is 6.20 Å². The summed E-state index contributed by atoms with van der Waals surface area (Å²) in [7, 11) is 0. The molecular weight excluding hydrogens is 308 g/mol. The highest BCUT2D eigenvalue weighted by molar-refractivity contribution is 5.26. The fourth-order valence-corrected chi connectivity index (χ4v) is 3.21. The molecule has 1 heterocycles. The van der Waals surface area contributed by atoms with Crippen molar-refractivity contribution < 1.29 is 5.11 Å². The SMILES string of the molecule is C[C@@](Cc1ccccc1)(N[C@H](CO)c1ccccc1)c1ccccn1. The first kappa shape index (κ1) is 17.3. The summed E-state index contributed by atoms with van der Waals surface area (Å²) in [5, 5.41) is 13.6. The number of nitrogens with zero attached hydrogens (tertiary/aromatic N) is 1. The fraction of sp³-hybridized carbons (Fsp3) is 0.227. The van der Waals surface area contributed by atoms with Gasteiger partial charge in [-0.25, -0.2) is 0 Å². The van der Waals surface area contributed by atoms with Gasteiger partial charge in [0.15, 0.2) is 0 Å². The quantitative estimate of drug-likeness (QED) is 0.690. The highest BCUT2D eigenvalue weighted by atomic mass is 16.3. The van der Waals surface area contributed by atoms with E-state index in [2.05, 4.69) is 41.5 Å². The van der Waals surface area contributed by atoms with Crippen LogP contribution in [0.15, 0.2) is 85.1 Å². The van der Waals surface area contributed by atoms with Crippen LogP contribution in [0.4, 0.5) is 0 Å². The molecule has 0 saturated carbocycles. The number of aliphatic hydroxyl groups is 1. The topological polar surface area (TPSA) is 45.1 Å². The first-order valence-electron chi connectivity index (χ1n) is 8.60. The Bertz CT molecular complexity index is 762. The molecule has 2 N–H and O–H groups in total. The van der Waals surface area contributed by atoms with Crippen LogP contribution >= 0.6 is 0 Å². The second-order valence-electron chi connectivity index (χ2n) is 6.50. The van der Waals surface area contributed by atoms with E-state index in [1.165, 1.54) is 5.56 Å². The van der Waals surface area contributed by atoms with Crippen molar-refractivity contribution in [3.8, 4) is 0 Å². The van der Waals surface area contributed by atoms with E-state index >= 15 is 0 Å². The molecular formula is C22H24N2O. The Kier molecular flexibility index (Phi) is 5.59. The summed E-state index contributed by atoms with van der Waals surface area (Å²) in [5.41, 5.74) is 2.87. The molecule has 0 aliphatic carbocycles. The molecule has 128 valence electrons. The second-order valence-corrected chi connectivity index (χ2v) is 6.50. The van der Waals surface area contributed by atoms with Gasteiger partial charge in [0.1, 0.15) is 0 Å². The molecule has 3 aromatic rings. The Hall–Kier alpha value is -2.49. The van der Waals surface area contributed by atoms with Crippen LogP contribution in [0, 0.1) is 0 Å². The molecule has 0 aliphatic heterocycles. The molecule has 2 aromatic carbocycles. The van der Waals surface area contributed by atoms with Crippen molar-refractivity contribution in [1.82, 2.24) is 10.3 Å². The van der Waals surface area contributed by atoms with Crippen LogP contribution < -0.4 is 5.32 Å². The summed E-state index contributed by atoms with van der Waals surface area (Å²) in [5.74, 6) is 0. The first-order valence-corrected chi connectivity index (χ1v) is 8.60. The van der Waals surface area contributed by atoms with Crippen molar-refractivity contribution >= 4 is 0 Å². The van der Waals surface area contributed by atoms with Crippen molar-refractivity contribution in [2.45, 2.75) is 24.9 Å². The average Bonchev–Trinajstić information content (AvgIpc) is 2.68. The molecule has 0 bridgehead atoms. The van der Waals surface area contributed by atoms with Gasteiger partial charge in [-0.2, -0.15) is 0 Å². The lowest BCUT2D eigenvalue weighted by atomic mass is 9.87. The highest BCUT2D eigenvalue weighted by Gasteiger charge is 2.31. The molecule has 0 amide bonds. The number of rotatable bonds is 7. The Morgan fingerprint density at radius 2 is 1.56 bits per heavy atom. The molecule has 0 aliphatic rings. The van der Waals surface area contributed by atoms with E-state index < -0.39 is 5.54 Å². The van der Waals surface area contributed by atoms with Gasteiger partial charge in [0.25, 0.3) is 0 Å². The number of pyridine rings is 1. The van der Waals surface area contributed by atoms with E-state index in [0.717, 1.165) is 17.7 Å². The lowest BCUT2D eigenvalue weighted by Crippen LogP contribution is -2.45. The maximum Gasteiger partial charge on any atom is 0.0626 e. The lowest BCUT2D eigenvalue weighted by Gasteiger charge is -2.35. The Labute approximate surface area is 149 Å². The third-order valence-electron chi connectivity index (χ3n) is 4.51. The number of aliphatic hydroxyl groups excluding tert-OH is 1. The molecule has 3 heteroatoms. The van der Waals surface area contributed by atoms with Gasteiger partial charge in [0.05, 0.1) is 23.9 Å². The summed E-state index contributed by atoms with van der Waals surface area (Å²) in [6.07, 6.45) is 2.60. The fourth-order valence-electron chi connectivity index (χ4n) is 3.21. The van der Waals surface area contributed by atoms with Crippen LogP contribution in [-0.4, -0.2) is 16.7 Å². The monoisotopic (exact) mass is 332 g/mol. The van der Waals surface area contributed by atoms with Gasteiger partial charge in [-0.05, 0) is 36.6 Å². The van der Waals surface area contributed by atoms with Gasteiger partial charge in [0.2, 0.25) is 0 Å². The second kappa shape index (κ2) is 8.06. The van der Waals surface area contributed by atoms with Gasteiger partial charge in [-0.3, -0.25) is 10.3 Å². The number of nitrogens with one attached hydrogen (secondary N) is 1. The molecule has 25 heavy (non-hydrogen) atoms. The van der Waals surface area contributed by atoms with E-state index in [0.29, 0.717) is 0 Å². The minimum absolute atomic E-state index is 0.0290. The molecule has 2 atom stereocenters. The van der Waals surface area contributed by atoms with Gasteiger partial charge in [-0.15, -0.1) is 0 Å². The summed E-state index contributed by atoms with van der Waals surface area (Å²) in [4.78, 5) is 4.58. The minimum Gasteiger partial charge on any atom is -0.394 e. The molecule has 3 rings (SSSR count). The van der Waals surface area contributed by atoms with Crippen molar-refractivity contribution in [3.63, 3.8) is 0 Å². The summed E-state index contributed by atoms with van der Waals surface area (Å²) in [6, 6.07) is 26.2. The maximum atomic E-state index is 9.97. The van der Waals surface area contributed by atoms with Crippen LogP contribution in [0.25, 0.3) is 0 Å². The maximum absolute atomic E-state index is 9.97. The van der Waals surface area contributed by atoms with E-state index in [-0.39, 0.29) is 12.6 Å². The van der Waals surface area contributed by atoms with E-state index in [9.17, 15) is 5.11 Å². The van der Waals surface area contributed by atoms with Crippen LogP contribution in [0.1, 0.15) is 29.8 Å². The minimum atomic E-state index is -0.397. The van der Waals surface area contributed by atoms with Crippen LogP contribution in [0.3, 0.4) is 0 Å². The number of hydrogen-bond acceptors (Lipinski definition) is 3. The van der Waals surface area contributed by atoms with Crippen molar-refractivity contribution in [3.05, 3.63) is 102 Å². The lowest BCUT2D eigenvalue weighted by molar-refractivity contribution is 0.201. The number of hydrogen-bond donors (Lipinski definition) is 2. The first-order chi connectivity index (χ1) is 12.2. The normalized spacial score (nSPS) is 14.6. The molecule has 1 aromatic heterocycles. The standard InChI is InChI=1S/C22H24N2O/c1-22(21-14-8-9-15-23-21,16-18-10-4-2-5-11-18)24-20(17-25)19-12-6-3-7-13-19/h2-15,20,24-25H,16-17H2,1H3/t20-,22+/m1/s1. The van der Waals surface area contributed by atoms with Gasteiger partial charge < -0.3 is 5.11 Å². The van der Waals surface area contributed by atoms with E-state index in [1.807, 2.05) is 60.8 Å². The molecule has 0 spiro atoms. The van der Waals surface area contributed by atoms with Crippen LogP contribution in [-0.2, 0) is 12.0 Å². The van der Waals surface area contributed by atoms with Crippen molar-refractivity contribution in [1.29, 1.82) is 0 Å². The molecule has 0 saturated heterocycles. The zero-order chi connectivity index (χ0) is 17.5. The van der Waals surface area contributed by atoms with E-state index in [1.54, 1.807) is 0 Å². The Morgan fingerprint density at radius 3 is 2.16 bits per heavy atom. The molecule has 3 nitrogen and oxygen atoms in total. The highest BCUT2D eigenvalue weighted by Crippen LogP contribution is 2.28. The number of aromatic nitrogens is 1. The van der Waals surface area contributed by atoms with E-state index in [4.69, 9.17) is 0 Å². The van der Waals surface area contributed by atoms with Gasteiger partial charge in [-0.1, -0.05) is 66.7 Å². The number of benzene rings is 2. The largest absolute Gasteiger partial charge is 0.394 e. The summed E-state index contributed by atoms with van der Waals surface area (Å²) >= 11 is 0. The summed E-state index contributed by atoms with van der Waals surface area (Å²) in [6.45, 7) is 2.18. The molecule has 0 fully saturated rings. The van der Waals surface area contributed by atoms with Crippen LogP contribution in [0.2, 0.25) is 0 Å². The zero-order valence-electron chi connectivity index (χ0n) is 14.5. The van der Waals surface area contributed by atoms with Crippen molar-refractivity contribution in [2.75, 3.05) is 6.61 Å². The Morgan fingerprint density at radius 1 is 0.920 bits per heavy atom. The molecule has 0 unspecified atom stereocenters. The third kappa shape index (κ3) is 4.32. The Balaban J connectivity index is 1.93.